The first-order valence-corrected chi connectivity index (χ1v) is 8.03. The van der Waals surface area contributed by atoms with Crippen LogP contribution in [0.1, 0.15) is 15.9 Å². The normalized spacial score (nSPS) is 11.0. The van der Waals surface area contributed by atoms with Crippen LogP contribution in [0.25, 0.3) is 16.6 Å². The van der Waals surface area contributed by atoms with Crippen LogP contribution >= 0.6 is 0 Å². The van der Waals surface area contributed by atoms with Crippen molar-refractivity contribution in [1.29, 1.82) is 0 Å². The van der Waals surface area contributed by atoms with E-state index >= 15 is 0 Å². The van der Waals surface area contributed by atoms with Gasteiger partial charge in [-0.15, -0.1) is 0 Å². The number of aromatic amines is 1. The fourth-order valence-corrected chi connectivity index (χ4v) is 2.95. The van der Waals surface area contributed by atoms with E-state index in [1.807, 2.05) is 25.1 Å². The quantitative estimate of drug-likeness (QED) is 0.596. The number of nitrogens with one attached hydrogen (secondary N) is 2. The van der Waals surface area contributed by atoms with Crippen LogP contribution in [0.2, 0.25) is 0 Å². The van der Waals surface area contributed by atoms with E-state index in [4.69, 9.17) is 4.74 Å². The molecule has 1 amide bonds. The Labute approximate surface area is 148 Å². The maximum Gasteiger partial charge on any atom is 0.261 e. The molecule has 7 heteroatoms. The Morgan fingerprint density at radius 1 is 1.23 bits per heavy atom. The van der Waals surface area contributed by atoms with Crippen molar-refractivity contribution in [1.82, 2.24) is 14.6 Å². The van der Waals surface area contributed by atoms with Crippen molar-refractivity contribution < 1.29 is 9.53 Å². The van der Waals surface area contributed by atoms with Crippen LogP contribution in [0.5, 0.6) is 5.75 Å². The molecule has 26 heavy (non-hydrogen) atoms. The van der Waals surface area contributed by atoms with E-state index in [9.17, 15) is 9.59 Å². The zero-order valence-electron chi connectivity index (χ0n) is 14.2. The Morgan fingerprint density at radius 2 is 2.04 bits per heavy atom. The number of aryl methyl sites for hydroxylation is 1. The second kappa shape index (κ2) is 6.03. The highest BCUT2D eigenvalue weighted by Crippen LogP contribution is 2.26. The first-order valence-electron chi connectivity index (χ1n) is 8.03. The summed E-state index contributed by atoms with van der Waals surface area (Å²) in [6.07, 6.45) is 1.44. The number of benzene rings is 2. The molecule has 0 saturated heterocycles. The highest BCUT2D eigenvalue weighted by molar-refractivity contribution is 6.09. The minimum atomic E-state index is -0.380. The number of aromatic nitrogens is 3. The number of rotatable bonds is 3. The fourth-order valence-electron chi connectivity index (χ4n) is 2.95. The van der Waals surface area contributed by atoms with Gasteiger partial charge in [0.2, 0.25) is 0 Å². The SMILES string of the molecule is COc1ccc(C)cc1NC(=O)c1cnn2c1[nH]c(=O)c1ccccc12. The largest absolute Gasteiger partial charge is 0.495 e. The number of nitrogens with zero attached hydrogens (tertiary/aromatic N) is 2. The Balaban J connectivity index is 1.81. The van der Waals surface area contributed by atoms with Gasteiger partial charge in [0.05, 0.1) is 29.9 Å². The molecule has 2 heterocycles. The monoisotopic (exact) mass is 348 g/mol. The summed E-state index contributed by atoms with van der Waals surface area (Å²) in [6.45, 7) is 1.92. The number of carbonyl (C=O) groups is 1. The highest BCUT2D eigenvalue weighted by atomic mass is 16.5. The van der Waals surface area contributed by atoms with E-state index in [-0.39, 0.29) is 17.0 Å². The second-order valence-corrected chi connectivity index (χ2v) is 5.95. The molecule has 0 fully saturated rings. The van der Waals surface area contributed by atoms with Crippen molar-refractivity contribution in [3.05, 3.63) is 70.1 Å². The average Bonchev–Trinajstić information content (AvgIpc) is 3.06. The Morgan fingerprint density at radius 3 is 2.85 bits per heavy atom. The van der Waals surface area contributed by atoms with E-state index in [1.165, 1.54) is 6.20 Å². The number of carbonyl (C=O) groups excluding carboxylic acids is 1. The summed E-state index contributed by atoms with van der Waals surface area (Å²) in [5.74, 6) is 0.175. The summed E-state index contributed by atoms with van der Waals surface area (Å²) in [6, 6.07) is 12.6. The van der Waals surface area contributed by atoms with E-state index < -0.39 is 0 Å². The van der Waals surface area contributed by atoms with E-state index in [2.05, 4.69) is 15.4 Å². The molecule has 0 aliphatic rings. The number of methoxy groups -OCH3 is 1. The van der Waals surface area contributed by atoms with Crippen LogP contribution in [0, 0.1) is 6.92 Å². The third-order valence-electron chi connectivity index (χ3n) is 4.23. The lowest BCUT2D eigenvalue weighted by atomic mass is 10.2. The van der Waals surface area contributed by atoms with Gasteiger partial charge >= 0.3 is 0 Å². The fraction of sp³-hybridized carbons (Fsp3) is 0.105. The molecule has 2 aromatic carbocycles. The molecule has 0 unspecified atom stereocenters. The summed E-state index contributed by atoms with van der Waals surface area (Å²) >= 11 is 0. The van der Waals surface area contributed by atoms with Crippen molar-refractivity contribution in [2.24, 2.45) is 0 Å². The van der Waals surface area contributed by atoms with Crippen LogP contribution in [-0.2, 0) is 0 Å². The minimum Gasteiger partial charge on any atom is -0.495 e. The predicted molar refractivity (Wildman–Crippen MR) is 99.0 cm³/mol. The number of H-pyrrole nitrogens is 1. The number of anilines is 1. The Kier molecular flexibility index (Phi) is 3.69. The molecule has 0 aliphatic heterocycles. The summed E-state index contributed by atoms with van der Waals surface area (Å²) in [4.78, 5) is 27.8. The Bertz CT molecular complexity index is 1210. The van der Waals surface area contributed by atoms with Gasteiger partial charge in [-0.25, -0.2) is 4.52 Å². The smallest absolute Gasteiger partial charge is 0.261 e. The summed E-state index contributed by atoms with van der Waals surface area (Å²) in [5.41, 5.74) is 2.53. The zero-order chi connectivity index (χ0) is 18.3. The number of ether oxygens (including phenoxy) is 1. The molecule has 4 aromatic rings. The zero-order valence-corrected chi connectivity index (χ0v) is 14.2. The molecular formula is C19H16N4O3. The standard InChI is InChI=1S/C19H16N4O3/c1-11-7-8-16(26-2)14(9-11)21-19(25)13-10-20-23-15-6-4-3-5-12(15)18(24)22-17(13)23/h3-10H,1-2H3,(H,21,25)(H,22,24). The number of amides is 1. The second-order valence-electron chi connectivity index (χ2n) is 5.95. The van der Waals surface area contributed by atoms with Gasteiger partial charge in [0.15, 0.2) is 0 Å². The summed E-state index contributed by atoms with van der Waals surface area (Å²) in [5, 5.41) is 7.60. The van der Waals surface area contributed by atoms with Crippen LogP contribution in [0.3, 0.4) is 0 Å². The molecule has 130 valence electrons. The van der Waals surface area contributed by atoms with Crippen molar-refractivity contribution in [2.75, 3.05) is 12.4 Å². The average molecular weight is 348 g/mol. The molecule has 7 nitrogen and oxygen atoms in total. The van der Waals surface area contributed by atoms with Crippen molar-refractivity contribution in [3.8, 4) is 5.75 Å². The third-order valence-corrected chi connectivity index (χ3v) is 4.23. The highest BCUT2D eigenvalue weighted by Gasteiger charge is 2.17. The molecule has 0 bridgehead atoms. The van der Waals surface area contributed by atoms with Gasteiger partial charge in [-0.1, -0.05) is 18.2 Å². The van der Waals surface area contributed by atoms with Gasteiger partial charge in [-0.05, 0) is 36.8 Å². The lowest BCUT2D eigenvalue weighted by molar-refractivity contribution is 0.102. The van der Waals surface area contributed by atoms with E-state index in [0.717, 1.165) is 5.56 Å². The molecule has 0 saturated carbocycles. The number of hydrogen-bond acceptors (Lipinski definition) is 4. The minimum absolute atomic E-state index is 0.268. The van der Waals surface area contributed by atoms with E-state index in [0.29, 0.717) is 28.0 Å². The van der Waals surface area contributed by atoms with Crippen LogP contribution < -0.4 is 15.6 Å². The van der Waals surface area contributed by atoms with Gasteiger partial charge in [0.1, 0.15) is 17.0 Å². The lowest BCUT2D eigenvalue weighted by Crippen LogP contribution is -2.15. The maximum absolute atomic E-state index is 12.8. The third kappa shape index (κ3) is 2.50. The number of fused-ring (bicyclic) bond motifs is 3. The van der Waals surface area contributed by atoms with Crippen molar-refractivity contribution in [2.45, 2.75) is 6.92 Å². The Hall–Kier alpha value is -3.61. The first-order chi connectivity index (χ1) is 12.6. The molecule has 2 N–H and O–H groups in total. The van der Waals surface area contributed by atoms with Gasteiger partial charge in [-0.2, -0.15) is 5.10 Å². The van der Waals surface area contributed by atoms with E-state index in [1.54, 1.807) is 35.9 Å². The molecule has 2 aromatic heterocycles. The van der Waals surface area contributed by atoms with Crippen LogP contribution in [0.4, 0.5) is 5.69 Å². The molecular weight excluding hydrogens is 332 g/mol. The first kappa shape index (κ1) is 15.9. The lowest BCUT2D eigenvalue weighted by Gasteiger charge is -2.10. The number of para-hydroxylation sites is 1. The maximum atomic E-state index is 12.8. The van der Waals surface area contributed by atoms with Crippen molar-refractivity contribution in [3.63, 3.8) is 0 Å². The molecule has 0 atom stereocenters. The molecule has 0 spiro atoms. The molecule has 0 aliphatic carbocycles. The summed E-state index contributed by atoms with van der Waals surface area (Å²) < 4.78 is 6.84. The molecule has 0 radical (unpaired) electrons. The van der Waals surface area contributed by atoms with Gasteiger partial charge in [0.25, 0.3) is 11.5 Å². The van der Waals surface area contributed by atoms with Gasteiger partial charge < -0.3 is 15.0 Å². The van der Waals surface area contributed by atoms with Crippen molar-refractivity contribution >= 4 is 28.1 Å². The summed E-state index contributed by atoms with van der Waals surface area (Å²) in [7, 11) is 1.54. The molecule has 4 rings (SSSR count). The van der Waals surface area contributed by atoms with Gasteiger partial charge in [-0.3, -0.25) is 9.59 Å². The van der Waals surface area contributed by atoms with Crippen LogP contribution in [0.15, 0.2) is 53.5 Å². The predicted octanol–water partition coefficient (Wildman–Crippen LogP) is 2.75. The van der Waals surface area contributed by atoms with Crippen LogP contribution in [-0.4, -0.2) is 27.6 Å². The number of hydrogen-bond donors (Lipinski definition) is 2. The topological polar surface area (TPSA) is 88.5 Å². The van der Waals surface area contributed by atoms with Gasteiger partial charge in [0, 0.05) is 0 Å².